The molecule has 0 unspecified atom stereocenters. The van der Waals surface area contributed by atoms with Gasteiger partial charge in [-0.2, -0.15) is 26.3 Å². The molecule has 0 spiro atoms. The van der Waals surface area contributed by atoms with Crippen LogP contribution in [0.3, 0.4) is 0 Å². The Morgan fingerprint density at radius 1 is 0.939 bits per heavy atom. The van der Waals surface area contributed by atoms with Crippen LogP contribution in [-0.2, 0) is 25.4 Å². The molecule has 0 bridgehead atoms. The summed E-state index contributed by atoms with van der Waals surface area (Å²) >= 11 is 0. The molecule has 1 heterocycles. The first-order chi connectivity index (χ1) is 15.4. The first-order valence-electron chi connectivity index (χ1n) is 10.1. The molecular weight excluding hydrogens is 452 g/mol. The van der Waals surface area contributed by atoms with Crippen molar-refractivity contribution in [3.63, 3.8) is 0 Å². The van der Waals surface area contributed by atoms with Gasteiger partial charge in [0.25, 0.3) is 5.91 Å². The third-order valence-electron chi connectivity index (χ3n) is 5.61. The molecular formula is C22H23F6N3O2. The number of piperazine rings is 1. The van der Waals surface area contributed by atoms with E-state index in [1.807, 2.05) is 11.8 Å². The van der Waals surface area contributed by atoms with E-state index in [1.54, 1.807) is 29.7 Å². The van der Waals surface area contributed by atoms with E-state index in [1.165, 1.54) is 0 Å². The number of alkyl halides is 6. The fourth-order valence-corrected chi connectivity index (χ4v) is 3.88. The summed E-state index contributed by atoms with van der Waals surface area (Å²) in [4.78, 5) is 15.4. The smallest absolute Gasteiger partial charge is 0.296 e. The fourth-order valence-electron chi connectivity index (χ4n) is 3.88. The highest BCUT2D eigenvalue weighted by molar-refractivity contribution is 5.93. The van der Waals surface area contributed by atoms with Gasteiger partial charge in [-0.15, -0.1) is 0 Å². The predicted octanol–water partition coefficient (Wildman–Crippen LogP) is 4.55. The molecule has 33 heavy (non-hydrogen) atoms. The van der Waals surface area contributed by atoms with Crippen molar-refractivity contribution in [1.29, 1.82) is 0 Å². The average Bonchev–Trinajstić information content (AvgIpc) is 2.74. The highest BCUT2D eigenvalue weighted by Gasteiger charge is 2.37. The predicted molar refractivity (Wildman–Crippen MR) is 107 cm³/mol. The second-order valence-electron chi connectivity index (χ2n) is 8.11. The van der Waals surface area contributed by atoms with Gasteiger partial charge in [0.1, 0.15) is 0 Å². The molecule has 0 aromatic heterocycles. The zero-order valence-electron chi connectivity index (χ0n) is 17.7. The summed E-state index contributed by atoms with van der Waals surface area (Å²) in [6.45, 7) is 4.05. The van der Waals surface area contributed by atoms with Gasteiger partial charge in [0.15, 0.2) is 0 Å². The van der Waals surface area contributed by atoms with E-state index in [9.17, 15) is 31.1 Å². The maximum atomic E-state index is 13.1. The van der Waals surface area contributed by atoms with Crippen LogP contribution in [0.5, 0.6) is 0 Å². The van der Waals surface area contributed by atoms with E-state index in [2.05, 4.69) is 4.90 Å². The molecule has 1 aliphatic rings. The minimum Gasteiger partial charge on any atom is -0.296 e. The van der Waals surface area contributed by atoms with E-state index in [0.29, 0.717) is 31.7 Å². The zero-order chi connectivity index (χ0) is 24.4. The van der Waals surface area contributed by atoms with E-state index >= 15 is 0 Å². The molecule has 2 N–H and O–H groups in total. The third kappa shape index (κ3) is 6.46. The number of hydrogen-bond acceptors (Lipinski definition) is 4. The number of hydroxylamine groups is 1. The molecule has 5 nitrogen and oxygen atoms in total. The Hall–Kier alpha value is -2.63. The quantitative estimate of drug-likeness (QED) is 0.379. The standard InChI is InChI=1S/C22H23F6N3O2/c1-14-11-30(12-15-2-4-17(5-3-15)20(32)29-33)6-7-31(14)13-16-8-18(21(23,24)25)10-19(9-16)22(26,27)28/h2-5,8-10,14,33H,6-7,11-13H2,1H3,(H,29,32)/t14-/m0/s1. The van der Waals surface area contributed by atoms with Crippen molar-refractivity contribution in [2.75, 3.05) is 19.6 Å². The number of nitrogens with zero attached hydrogens (tertiary/aromatic N) is 2. The van der Waals surface area contributed by atoms with Crippen molar-refractivity contribution in [3.05, 3.63) is 70.3 Å². The number of halogens is 6. The first kappa shape index (κ1) is 25.0. The van der Waals surface area contributed by atoms with E-state index in [0.717, 1.165) is 17.7 Å². The number of benzene rings is 2. The van der Waals surface area contributed by atoms with Gasteiger partial charge in [-0.3, -0.25) is 19.8 Å². The maximum Gasteiger partial charge on any atom is 0.416 e. The summed E-state index contributed by atoms with van der Waals surface area (Å²) in [7, 11) is 0. The number of nitrogens with one attached hydrogen (secondary N) is 1. The third-order valence-corrected chi connectivity index (χ3v) is 5.61. The van der Waals surface area contributed by atoms with E-state index in [4.69, 9.17) is 5.21 Å². The molecule has 180 valence electrons. The molecule has 3 rings (SSSR count). The Kier molecular flexibility index (Phi) is 7.35. The maximum absolute atomic E-state index is 13.1. The Morgan fingerprint density at radius 3 is 2.00 bits per heavy atom. The van der Waals surface area contributed by atoms with Crippen LogP contribution in [0.4, 0.5) is 26.3 Å². The van der Waals surface area contributed by atoms with Crippen LogP contribution < -0.4 is 5.48 Å². The van der Waals surface area contributed by atoms with Crippen LogP contribution in [0, 0.1) is 0 Å². The number of carbonyl (C=O) groups excluding carboxylic acids is 1. The first-order valence-corrected chi connectivity index (χ1v) is 10.1. The van der Waals surface area contributed by atoms with Crippen LogP contribution in [0.1, 0.15) is 39.5 Å². The summed E-state index contributed by atoms with van der Waals surface area (Å²) in [5.41, 5.74) is 0.140. The molecule has 1 saturated heterocycles. The van der Waals surface area contributed by atoms with Gasteiger partial charge in [-0.25, -0.2) is 5.48 Å². The second-order valence-corrected chi connectivity index (χ2v) is 8.11. The fraction of sp³-hybridized carbons (Fsp3) is 0.409. The monoisotopic (exact) mass is 475 g/mol. The lowest BCUT2D eigenvalue weighted by molar-refractivity contribution is -0.143. The van der Waals surface area contributed by atoms with Crippen molar-refractivity contribution >= 4 is 5.91 Å². The SMILES string of the molecule is C[C@H]1CN(Cc2ccc(C(=O)NO)cc2)CCN1Cc1cc(C(F)(F)F)cc(C(F)(F)F)c1. The Balaban J connectivity index is 1.66. The molecule has 0 radical (unpaired) electrons. The van der Waals surface area contributed by atoms with Gasteiger partial charge in [-0.05, 0) is 48.4 Å². The largest absolute Gasteiger partial charge is 0.416 e. The van der Waals surface area contributed by atoms with E-state index in [-0.39, 0.29) is 24.2 Å². The summed E-state index contributed by atoms with van der Waals surface area (Å²) in [5, 5.41) is 8.66. The highest BCUT2D eigenvalue weighted by atomic mass is 19.4. The number of hydrogen-bond donors (Lipinski definition) is 2. The van der Waals surface area contributed by atoms with Gasteiger partial charge in [-0.1, -0.05) is 12.1 Å². The van der Waals surface area contributed by atoms with Crippen LogP contribution in [-0.4, -0.2) is 46.6 Å². The van der Waals surface area contributed by atoms with Gasteiger partial charge in [0.05, 0.1) is 11.1 Å². The van der Waals surface area contributed by atoms with Crippen molar-refractivity contribution in [2.24, 2.45) is 0 Å². The summed E-state index contributed by atoms with van der Waals surface area (Å²) in [6.07, 6.45) is -9.73. The normalized spacial score (nSPS) is 18.4. The molecule has 1 atom stereocenters. The van der Waals surface area contributed by atoms with Crippen LogP contribution in [0.2, 0.25) is 0 Å². The van der Waals surface area contributed by atoms with Crippen LogP contribution >= 0.6 is 0 Å². The summed E-state index contributed by atoms with van der Waals surface area (Å²) in [5.74, 6) is -0.618. The lowest BCUT2D eigenvalue weighted by Crippen LogP contribution is -2.50. The molecule has 11 heteroatoms. The average molecular weight is 475 g/mol. The molecule has 0 saturated carbocycles. The van der Waals surface area contributed by atoms with Crippen molar-refractivity contribution in [3.8, 4) is 0 Å². The summed E-state index contributed by atoms with van der Waals surface area (Å²) in [6, 6.07) is 8.25. The second kappa shape index (κ2) is 9.70. The summed E-state index contributed by atoms with van der Waals surface area (Å²) < 4.78 is 78.7. The Bertz CT molecular complexity index is 943. The van der Waals surface area contributed by atoms with Gasteiger partial charge in [0, 0.05) is 44.3 Å². The van der Waals surface area contributed by atoms with Crippen LogP contribution in [0.15, 0.2) is 42.5 Å². The van der Waals surface area contributed by atoms with Crippen molar-refractivity contribution < 1.29 is 36.3 Å². The number of carbonyl (C=O) groups is 1. The van der Waals surface area contributed by atoms with Gasteiger partial charge < -0.3 is 0 Å². The van der Waals surface area contributed by atoms with Crippen LogP contribution in [0.25, 0.3) is 0 Å². The minimum atomic E-state index is -4.87. The molecule has 1 amide bonds. The lowest BCUT2D eigenvalue weighted by Gasteiger charge is -2.40. The number of rotatable bonds is 5. The topological polar surface area (TPSA) is 55.8 Å². The van der Waals surface area contributed by atoms with Crippen molar-refractivity contribution in [2.45, 2.75) is 38.4 Å². The Labute approximate surface area is 186 Å². The van der Waals surface area contributed by atoms with E-state index < -0.39 is 29.4 Å². The minimum absolute atomic E-state index is 0.0209. The molecule has 0 aliphatic carbocycles. The molecule has 2 aromatic rings. The van der Waals surface area contributed by atoms with Gasteiger partial charge in [0.2, 0.25) is 0 Å². The Morgan fingerprint density at radius 2 is 1.52 bits per heavy atom. The molecule has 1 fully saturated rings. The molecule has 1 aliphatic heterocycles. The number of amides is 1. The zero-order valence-corrected chi connectivity index (χ0v) is 17.7. The highest BCUT2D eigenvalue weighted by Crippen LogP contribution is 2.36. The van der Waals surface area contributed by atoms with Gasteiger partial charge >= 0.3 is 12.4 Å². The lowest BCUT2D eigenvalue weighted by atomic mass is 10.0. The molecule has 2 aromatic carbocycles. The van der Waals surface area contributed by atoms with Crippen molar-refractivity contribution in [1.82, 2.24) is 15.3 Å².